The molecule has 4 aromatic rings. The van der Waals surface area contributed by atoms with E-state index >= 15 is 0 Å². The summed E-state index contributed by atoms with van der Waals surface area (Å²) in [6.45, 7) is -0.0347. The van der Waals surface area contributed by atoms with Gasteiger partial charge < -0.3 is 33.6 Å². The zero-order valence-electron chi connectivity index (χ0n) is 19.6. The first kappa shape index (κ1) is 22.5. The van der Waals surface area contributed by atoms with Crippen LogP contribution in [0.3, 0.4) is 0 Å². The minimum absolute atomic E-state index is 0.0160. The number of hydrogen-bond donors (Lipinski definition) is 1. The van der Waals surface area contributed by atoms with Crippen molar-refractivity contribution in [1.82, 2.24) is 4.57 Å². The van der Waals surface area contributed by atoms with E-state index in [-0.39, 0.29) is 37.0 Å². The molecule has 37 heavy (non-hydrogen) atoms. The maximum Gasteiger partial charge on any atom is 0.244 e. The van der Waals surface area contributed by atoms with Crippen molar-refractivity contribution >= 4 is 28.3 Å². The van der Waals surface area contributed by atoms with Crippen molar-refractivity contribution in [2.45, 2.75) is 6.54 Å². The Morgan fingerprint density at radius 1 is 0.892 bits per heavy atom. The Morgan fingerprint density at radius 3 is 2.30 bits per heavy atom. The third kappa shape index (κ3) is 4.08. The van der Waals surface area contributed by atoms with Crippen molar-refractivity contribution in [2.75, 3.05) is 26.0 Å². The molecule has 0 saturated heterocycles. The molecule has 0 unspecified atom stereocenters. The predicted octanol–water partition coefficient (Wildman–Crippen LogP) is 3.34. The molecule has 2 aliphatic heterocycles. The average molecular weight is 500 g/mol. The first-order valence-electron chi connectivity index (χ1n) is 11.4. The second-order valence-corrected chi connectivity index (χ2v) is 8.40. The number of ketones is 1. The van der Waals surface area contributed by atoms with E-state index in [1.165, 1.54) is 19.4 Å². The summed E-state index contributed by atoms with van der Waals surface area (Å²) in [5, 5.41) is 3.05. The smallest absolute Gasteiger partial charge is 0.244 e. The van der Waals surface area contributed by atoms with E-state index in [4.69, 9.17) is 23.7 Å². The van der Waals surface area contributed by atoms with Gasteiger partial charge in [-0.05, 0) is 42.5 Å². The highest BCUT2D eigenvalue weighted by atomic mass is 16.7. The molecular weight excluding hydrogens is 480 g/mol. The van der Waals surface area contributed by atoms with Gasteiger partial charge in [-0.2, -0.15) is 0 Å². The molecule has 0 radical (unpaired) electrons. The number of carbonyl (C=O) groups is 2. The summed E-state index contributed by atoms with van der Waals surface area (Å²) in [7, 11) is 1.53. The fraction of sp³-hybridized carbons (Fsp3) is 0.148. The van der Waals surface area contributed by atoms with E-state index in [1.807, 2.05) is 0 Å². The van der Waals surface area contributed by atoms with Crippen LogP contribution in [0.5, 0.6) is 28.7 Å². The summed E-state index contributed by atoms with van der Waals surface area (Å²) >= 11 is 0. The zero-order chi connectivity index (χ0) is 25.5. The molecule has 0 spiro atoms. The summed E-state index contributed by atoms with van der Waals surface area (Å²) in [6, 6.07) is 14.7. The maximum atomic E-state index is 13.4. The molecule has 0 bridgehead atoms. The van der Waals surface area contributed by atoms with Gasteiger partial charge in [0, 0.05) is 29.6 Å². The Balaban J connectivity index is 1.39. The maximum absolute atomic E-state index is 13.4. The van der Waals surface area contributed by atoms with Crippen LogP contribution in [0, 0.1) is 0 Å². The Bertz CT molecular complexity index is 1620. The largest absolute Gasteiger partial charge is 0.497 e. The van der Waals surface area contributed by atoms with Crippen LogP contribution in [0.1, 0.15) is 15.9 Å². The van der Waals surface area contributed by atoms with Gasteiger partial charge in [0.25, 0.3) is 0 Å². The van der Waals surface area contributed by atoms with Crippen LogP contribution in [-0.2, 0) is 11.3 Å². The number of nitrogens with zero attached hydrogens (tertiary/aromatic N) is 1. The molecule has 3 heterocycles. The highest BCUT2D eigenvalue weighted by molar-refractivity contribution is 6.10. The molecule has 2 aliphatic rings. The standard InChI is InChI=1S/C27H20N2O8/c1-33-17-5-2-15(3-6-17)26(31)19-11-29(20-10-24-23(36-14-37-24)9-18(20)27(19)32)12-25(30)28-16-4-7-21-22(8-16)35-13-34-21/h2-11H,12-14H2,1H3,(H,28,30). The van der Waals surface area contributed by atoms with Gasteiger partial charge in [0.15, 0.2) is 28.8 Å². The fourth-order valence-electron chi connectivity index (χ4n) is 4.30. The first-order chi connectivity index (χ1) is 18.0. The Morgan fingerprint density at radius 2 is 1.57 bits per heavy atom. The van der Waals surface area contributed by atoms with E-state index in [9.17, 15) is 14.4 Å². The molecule has 3 aromatic carbocycles. The molecule has 186 valence electrons. The molecule has 0 fully saturated rings. The SMILES string of the molecule is COc1ccc(C(=O)c2cn(CC(=O)Nc3ccc4c(c3)OCO4)c3cc4c(cc3c2=O)OCO4)cc1. The Labute approximate surface area is 209 Å². The van der Waals surface area contributed by atoms with Gasteiger partial charge in [0.05, 0.1) is 23.6 Å². The monoisotopic (exact) mass is 500 g/mol. The number of pyridine rings is 1. The van der Waals surface area contributed by atoms with E-state index in [0.29, 0.717) is 45.5 Å². The number of methoxy groups -OCH3 is 1. The van der Waals surface area contributed by atoms with Crippen molar-refractivity contribution in [3.05, 3.63) is 82.1 Å². The van der Waals surface area contributed by atoms with Crippen LogP contribution in [0.4, 0.5) is 5.69 Å². The number of hydrogen-bond acceptors (Lipinski definition) is 8. The van der Waals surface area contributed by atoms with Gasteiger partial charge >= 0.3 is 0 Å². The summed E-state index contributed by atoms with van der Waals surface area (Å²) in [5.41, 5.74) is 0.719. The van der Waals surface area contributed by atoms with Crippen molar-refractivity contribution in [2.24, 2.45) is 0 Å². The lowest BCUT2D eigenvalue weighted by atomic mass is 10.0. The van der Waals surface area contributed by atoms with Gasteiger partial charge in [0.2, 0.25) is 24.9 Å². The average Bonchev–Trinajstić information content (AvgIpc) is 3.58. The van der Waals surface area contributed by atoms with Crippen LogP contribution >= 0.6 is 0 Å². The van der Waals surface area contributed by atoms with Crippen LogP contribution in [-0.4, -0.2) is 37.0 Å². The van der Waals surface area contributed by atoms with Crippen LogP contribution in [0.2, 0.25) is 0 Å². The fourth-order valence-corrected chi connectivity index (χ4v) is 4.30. The molecule has 0 atom stereocenters. The zero-order valence-corrected chi connectivity index (χ0v) is 19.6. The predicted molar refractivity (Wildman–Crippen MR) is 132 cm³/mol. The van der Waals surface area contributed by atoms with E-state index in [1.54, 1.807) is 53.1 Å². The lowest BCUT2D eigenvalue weighted by Gasteiger charge is -2.14. The molecule has 1 N–H and O–H groups in total. The number of fused-ring (bicyclic) bond motifs is 3. The Kier molecular flexibility index (Phi) is 5.41. The highest BCUT2D eigenvalue weighted by Gasteiger charge is 2.23. The number of aromatic nitrogens is 1. The Hall–Kier alpha value is -4.99. The topological polar surface area (TPSA) is 114 Å². The molecule has 10 nitrogen and oxygen atoms in total. The number of nitrogens with one attached hydrogen (secondary N) is 1. The van der Waals surface area contributed by atoms with Crippen molar-refractivity contribution < 1.29 is 33.3 Å². The second kappa shape index (κ2) is 8.90. The van der Waals surface area contributed by atoms with Gasteiger partial charge in [-0.1, -0.05) is 0 Å². The molecule has 0 saturated carbocycles. The van der Waals surface area contributed by atoms with Gasteiger partial charge in [-0.15, -0.1) is 0 Å². The van der Waals surface area contributed by atoms with E-state index < -0.39 is 11.2 Å². The van der Waals surface area contributed by atoms with Crippen molar-refractivity contribution in [3.63, 3.8) is 0 Å². The van der Waals surface area contributed by atoms with Gasteiger partial charge in [0.1, 0.15) is 12.3 Å². The molecule has 6 rings (SSSR count). The van der Waals surface area contributed by atoms with E-state index in [2.05, 4.69) is 5.32 Å². The molecule has 10 heteroatoms. The van der Waals surface area contributed by atoms with E-state index in [0.717, 1.165) is 0 Å². The lowest BCUT2D eigenvalue weighted by Crippen LogP contribution is -2.24. The van der Waals surface area contributed by atoms with Gasteiger partial charge in [-0.25, -0.2) is 0 Å². The molecule has 1 amide bonds. The second-order valence-electron chi connectivity index (χ2n) is 8.40. The number of benzene rings is 3. The third-order valence-electron chi connectivity index (χ3n) is 6.14. The number of carbonyl (C=O) groups excluding carboxylic acids is 2. The first-order valence-corrected chi connectivity index (χ1v) is 11.4. The summed E-state index contributed by atoms with van der Waals surface area (Å²) in [4.78, 5) is 39.8. The number of anilines is 1. The number of amides is 1. The van der Waals surface area contributed by atoms with Gasteiger partial charge in [-0.3, -0.25) is 14.4 Å². The van der Waals surface area contributed by atoms with Crippen molar-refractivity contribution in [3.8, 4) is 28.7 Å². The van der Waals surface area contributed by atoms with Crippen LogP contribution in [0.25, 0.3) is 10.9 Å². The summed E-state index contributed by atoms with van der Waals surface area (Å²) in [5.74, 6) is 1.72. The molecule has 1 aromatic heterocycles. The normalized spacial score (nSPS) is 13.0. The molecular formula is C27H20N2O8. The molecule has 0 aliphatic carbocycles. The third-order valence-corrected chi connectivity index (χ3v) is 6.14. The number of rotatable bonds is 6. The van der Waals surface area contributed by atoms with Crippen LogP contribution in [0.15, 0.2) is 65.6 Å². The number of ether oxygens (including phenoxy) is 5. The minimum atomic E-state index is -0.475. The lowest BCUT2D eigenvalue weighted by molar-refractivity contribution is -0.116. The highest BCUT2D eigenvalue weighted by Crippen LogP contribution is 2.36. The van der Waals surface area contributed by atoms with Crippen LogP contribution < -0.4 is 34.4 Å². The minimum Gasteiger partial charge on any atom is -0.497 e. The quantitative estimate of drug-likeness (QED) is 0.401. The summed E-state index contributed by atoms with van der Waals surface area (Å²) in [6.07, 6.45) is 1.40. The van der Waals surface area contributed by atoms with Crippen molar-refractivity contribution in [1.29, 1.82) is 0 Å². The summed E-state index contributed by atoms with van der Waals surface area (Å²) < 4.78 is 28.3.